The van der Waals surface area contributed by atoms with Crippen LogP contribution in [0.3, 0.4) is 0 Å². The molecule has 24 heavy (non-hydrogen) atoms. The summed E-state index contributed by atoms with van der Waals surface area (Å²) in [6.07, 6.45) is 6.82. The highest BCUT2D eigenvalue weighted by atomic mass is 16.3. The van der Waals surface area contributed by atoms with Crippen molar-refractivity contribution in [1.82, 2.24) is 15.3 Å². The second kappa shape index (κ2) is 5.79. The Morgan fingerprint density at radius 3 is 3.04 bits per heavy atom. The monoisotopic (exact) mass is 324 g/mol. The van der Waals surface area contributed by atoms with Gasteiger partial charge >= 0.3 is 0 Å². The highest BCUT2D eigenvalue weighted by molar-refractivity contribution is 6.32. The van der Waals surface area contributed by atoms with E-state index in [4.69, 9.17) is 4.42 Å². The van der Waals surface area contributed by atoms with E-state index in [2.05, 4.69) is 40.6 Å². The number of hydrazone groups is 1. The highest BCUT2D eigenvalue weighted by Crippen LogP contribution is 2.34. The number of carbonyl (C=O) groups excluding carboxylic acids is 1. The van der Waals surface area contributed by atoms with Crippen molar-refractivity contribution >= 4 is 17.7 Å². The van der Waals surface area contributed by atoms with Crippen molar-refractivity contribution in [1.29, 1.82) is 0 Å². The molecule has 0 fully saturated rings. The Kier molecular flexibility index (Phi) is 3.61. The van der Waals surface area contributed by atoms with Gasteiger partial charge in [0.05, 0.1) is 11.8 Å². The largest absolute Gasteiger partial charge is 0.463 e. The van der Waals surface area contributed by atoms with Gasteiger partial charge in [-0.3, -0.25) is 4.79 Å². The summed E-state index contributed by atoms with van der Waals surface area (Å²) in [4.78, 5) is 17.9. The average Bonchev–Trinajstić information content (AvgIpc) is 3.27. The molecule has 2 N–H and O–H groups in total. The molecular weight excluding hydrogens is 304 g/mol. The van der Waals surface area contributed by atoms with Crippen LogP contribution in [-0.2, 0) is 11.2 Å². The van der Waals surface area contributed by atoms with Crippen LogP contribution < -0.4 is 5.43 Å². The number of hydrogen-bond acceptors (Lipinski definition) is 4. The Balaban J connectivity index is 1.71. The number of nitrogens with zero attached hydrogens (tertiary/aromatic N) is 2. The van der Waals surface area contributed by atoms with Crippen LogP contribution >= 0.6 is 0 Å². The van der Waals surface area contributed by atoms with Gasteiger partial charge in [-0.2, -0.15) is 5.10 Å². The van der Waals surface area contributed by atoms with Crippen molar-refractivity contribution in [2.45, 2.75) is 25.3 Å². The summed E-state index contributed by atoms with van der Waals surface area (Å²) in [5.74, 6) is 0.375. The van der Waals surface area contributed by atoms with Gasteiger partial charge in [0.1, 0.15) is 5.71 Å². The number of rotatable bonds is 3. The molecule has 0 spiro atoms. The van der Waals surface area contributed by atoms with Crippen LogP contribution in [0, 0.1) is 0 Å². The minimum Gasteiger partial charge on any atom is -0.463 e. The zero-order valence-electron chi connectivity index (χ0n) is 13.8. The second-order valence-electron chi connectivity index (χ2n) is 6.47. The van der Waals surface area contributed by atoms with Crippen LogP contribution in [0.15, 0.2) is 39.6 Å². The number of aryl methyl sites for hydroxylation is 1. The minimum atomic E-state index is -0.210. The standard InChI is InChI=1S/C18H20N4O2/c1-22(2)15-6-3-5-14-12(15)9-11(19-14)10-13-17(20-21-18(13)23)16-7-4-8-24-16/h4,7-10,15,19H,3,5-6H2,1-2H3,(H,21,23)/b13-10-. The molecule has 1 aliphatic heterocycles. The van der Waals surface area contributed by atoms with E-state index in [1.807, 2.05) is 6.08 Å². The van der Waals surface area contributed by atoms with Crippen LogP contribution in [0.5, 0.6) is 0 Å². The third-order valence-corrected chi connectivity index (χ3v) is 4.66. The van der Waals surface area contributed by atoms with E-state index in [-0.39, 0.29) is 5.91 Å². The van der Waals surface area contributed by atoms with Gasteiger partial charge in [-0.25, -0.2) is 5.43 Å². The van der Waals surface area contributed by atoms with Crippen molar-refractivity contribution in [3.05, 3.63) is 52.7 Å². The zero-order chi connectivity index (χ0) is 16.7. The molecule has 4 rings (SSSR count). The Hall–Kier alpha value is -2.60. The third kappa shape index (κ3) is 2.49. The molecular formula is C18H20N4O2. The molecule has 0 aromatic carbocycles. The fraction of sp³-hybridized carbons (Fsp3) is 0.333. The molecule has 0 bridgehead atoms. The molecule has 2 aromatic rings. The summed E-state index contributed by atoms with van der Waals surface area (Å²) in [6.45, 7) is 0. The lowest BCUT2D eigenvalue weighted by molar-refractivity contribution is -0.116. The third-order valence-electron chi connectivity index (χ3n) is 4.66. The summed E-state index contributed by atoms with van der Waals surface area (Å²) in [6, 6.07) is 6.16. The normalized spacial score (nSPS) is 22.0. The van der Waals surface area contributed by atoms with E-state index in [0.717, 1.165) is 18.5 Å². The van der Waals surface area contributed by atoms with Crippen molar-refractivity contribution < 1.29 is 9.21 Å². The zero-order valence-corrected chi connectivity index (χ0v) is 13.8. The van der Waals surface area contributed by atoms with Crippen molar-refractivity contribution in [2.75, 3.05) is 14.1 Å². The van der Waals surface area contributed by atoms with Gasteiger partial charge in [-0.1, -0.05) is 0 Å². The lowest BCUT2D eigenvalue weighted by Gasteiger charge is -2.28. The van der Waals surface area contributed by atoms with E-state index in [1.165, 1.54) is 17.7 Å². The first kappa shape index (κ1) is 15.0. The molecule has 124 valence electrons. The fourth-order valence-corrected chi connectivity index (χ4v) is 3.51. The van der Waals surface area contributed by atoms with Crippen LogP contribution in [-0.4, -0.2) is 35.6 Å². The summed E-state index contributed by atoms with van der Waals surface area (Å²) in [5.41, 5.74) is 7.10. The molecule has 1 unspecified atom stereocenters. The van der Waals surface area contributed by atoms with E-state index >= 15 is 0 Å². The number of nitrogens with one attached hydrogen (secondary N) is 2. The number of H-pyrrole nitrogens is 1. The molecule has 1 aliphatic carbocycles. The van der Waals surface area contributed by atoms with Gasteiger partial charge < -0.3 is 14.3 Å². The van der Waals surface area contributed by atoms with Gasteiger partial charge in [-0.15, -0.1) is 0 Å². The van der Waals surface area contributed by atoms with Gasteiger partial charge in [-0.05, 0) is 63.2 Å². The summed E-state index contributed by atoms with van der Waals surface area (Å²) >= 11 is 0. The molecule has 2 aromatic heterocycles. The lowest BCUT2D eigenvalue weighted by Crippen LogP contribution is -2.23. The van der Waals surface area contributed by atoms with Crippen molar-refractivity contribution in [2.24, 2.45) is 5.10 Å². The topological polar surface area (TPSA) is 73.6 Å². The van der Waals surface area contributed by atoms with E-state index in [0.29, 0.717) is 23.1 Å². The lowest BCUT2D eigenvalue weighted by atomic mass is 9.92. The number of furan rings is 1. The fourth-order valence-electron chi connectivity index (χ4n) is 3.51. The van der Waals surface area contributed by atoms with Crippen LogP contribution in [0.25, 0.3) is 6.08 Å². The van der Waals surface area contributed by atoms with E-state index in [1.54, 1.807) is 18.4 Å². The van der Waals surface area contributed by atoms with E-state index in [9.17, 15) is 4.79 Å². The van der Waals surface area contributed by atoms with E-state index < -0.39 is 0 Å². The minimum absolute atomic E-state index is 0.210. The second-order valence-corrected chi connectivity index (χ2v) is 6.47. The smallest absolute Gasteiger partial charge is 0.273 e. The predicted octanol–water partition coefficient (Wildman–Crippen LogP) is 2.46. The SMILES string of the molecule is CN(C)C1CCCc2[nH]c(/C=C3\C(=O)NN=C3c3ccco3)cc21. The first-order valence-electron chi connectivity index (χ1n) is 8.15. The number of aromatic amines is 1. The molecule has 1 amide bonds. The molecule has 1 atom stereocenters. The van der Waals surface area contributed by atoms with Crippen LogP contribution in [0.4, 0.5) is 0 Å². The molecule has 3 heterocycles. The molecule has 0 saturated heterocycles. The van der Waals surface area contributed by atoms with Gasteiger partial charge in [0.2, 0.25) is 0 Å². The van der Waals surface area contributed by atoms with Gasteiger partial charge in [0.15, 0.2) is 5.76 Å². The number of amides is 1. The Bertz CT molecular complexity index is 827. The summed E-state index contributed by atoms with van der Waals surface area (Å²) in [7, 11) is 4.22. The molecule has 6 nitrogen and oxygen atoms in total. The maximum Gasteiger partial charge on any atom is 0.273 e. The van der Waals surface area contributed by atoms with Crippen molar-refractivity contribution in [3.8, 4) is 0 Å². The Morgan fingerprint density at radius 1 is 1.42 bits per heavy atom. The Labute approximate surface area is 140 Å². The summed E-state index contributed by atoms with van der Waals surface area (Å²) < 4.78 is 5.38. The van der Waals surface area contributed by atoms with Crippen molar-refractivity contribution in [3.63, 3.8) is 0 Å². The van der Waals surface area contributed by atoms with Crippen LogP contribution in [0.1, 0.15) is 41.6 Å². The first-order valence-corrected chi connectivity index (χ1v) is 8.15. The molecule has 6 heteroatoms. The molecule has 2 aliphatic rings. The van der Waals surface area contributed by atoms with Crippen LogP contribution in [0.2, 0.25) is 0 Å². The maximum absolute atomic E-state index is 12.1. The molecule has 0 radical (unpaired) electrons. The van der Waals surface area contributed by atoms with Gasteiger partial charge in [0.25, 0.3) is 5.91 Å². The Morgan fingerprint density at radius 2 is 2.29 bits per heavy atom. The first-order chi connectivity index (χ1) is 11.6. The molecule has 0 saturated carbocycles. The van der Waals surface area contributed by atoms with Gasteiger partial charge in [0, 0.05) is 17.4 Å². The summed E-state index contributed by atoms with van der Waals surface area (Å²) in [5, 5.41) is 4.09. The number of carbonyl (C=O) groups is 1. The maximum atomic E-state index is 12.1. The predicted molar refractivity (Wildman–Crippen MR) is 91.5 cm³/mol. The average molecular weight is 324 g/mol. The number of hydrogen-bond donors (Lipinski definition) is 2. The highest BCUT2D eigenvalue weighted by Gasteiger charge is 2.27. The number of aromatic nitrogens is 1. The number of fused-ring (bicyclic) bond motifs is 1. The quantitative estimate of drug-likeness (QED) is 0.852.